The molecule has 1 aromatic carbocycles. The summed E-state index contributed by atoms with van der Waals surface area (Å²) in [4.78, 5) is 4.27. The van der Waals surface area contributed by atoms with Gasteiger partial charge in [0.2, 0.25) is 0 Å². The van der Waals surface area contributed by atoms with Crippen LogP contribution in [0.25, 0.3) is 10.9 Å². The van der Waals surface area contributed by atoms with E-state index in [2.05, 4.69) is 4.98 Å². The van der Waals surface area contributed by atoms with Crippen LogP contribution in [0.1, 0.15) is 5.56 Å². The summed E-state index contributed by atoms with van der Waals surface area (Å²) in [6.45, 7) is 0.0106. The van der Waals surface area contributed by atoms with E-state index in [1.54, 1.807) is 6.20 Å². The topological polar surface area (TPSA) is 59.1 Å². The van der Waals surface area contributed by atoms with Crippen molar-refractivity contribution in [3.63, 3.8) is 0 Å². The van der Waals surface area contributed by atoms with Crippen molar-refractivity contribution >= 4 is 23.3 Å². The highest BCUT2D eigenvalue weighted by molar-refractivity contribution is 5.85. The number of nitrogens with zero attached hydrogens (tertiary/aromatic N) is 1. The van der Waals surface area contributed by atoms with E-state index in [-0.39, 0.29) is 25.1 Å². The van der Waals surface area contributed by atoms with Crippen molar-refractivity contribution in [2.75, 3.05) is 6.61 Å². The van der Waals surface area contributed by atoms with Crippen LogP contribution in [0.2, 0.25) is 0 Å². The second kappa shape index (κ2) is 5.80. The molecule has 1 atom stereocenters. The SMILES string of the molecule is Cl.NC(CO)Cc1cccc2ncccc12. The minimum atomic E-state index is -0.198. The average Bonchev–Trinajstić information content (AvgIpc) is 2.29. The molecule has 0 amide bonds. The van der Waals surface area contributed by atoms with Crippen molar-refractivity contribution in [1.82, 2.24) is 4.98 Å². The van der Waals surface area contributed by atoms with Crippen LogP contribution >= 0.6 is 12.4 Å². The Morgan fingerprint density at radius 2 is 2.06 bits per heavy atom. The summed E-state index contributed by atoms with van der Waals surface area (Å²) in [6.07, 6.45) is 2.46. The second-order valence-corrected chi connectivity index (χ2v) is 3.63. The molecule has 1 heterocycles. The predicted octanol–water partition coefficient (Wildman–Crippen LogP) is 1.52. The molecule has 0 aliphatic carbocycles. The fourth-order valence-corrected chi connectivity index (χ4v) is 1.69. The smallest absolute Gasteiger partial charge is 0.0704 e. The molecule has 0 aliphatic heterocycles. The van der Waals surface area contributed by atoms with Gasteiger partial charge >= 0.3 is 0 Å². The molecule has 0 fully saturated rings. The summed E-state index contributed by atoms with van der Waals surface area (Å²) in [7, 11) is 0. The lowest BCUT2D eigenvalue weighted by Crippen LogP contribution is -2.26. The number of rotatable bonds is 3. The minimum absolute atomic E-state index is 0. The predicted molar refractivity (Wildman–Crippen MR) is 67.8 cm³/mol. The van der Waals surface area contributed by atoms with Gasteiger partial charge in [-0.3, -0.25) is 4.98 Å². The van der Waals surface area contributed by atoms with Gasteiger partial charge in [-0.15, -0.1) is 12.4 Å². The maximum atomic E-state index is 8.93. The summed E-state index contributed by atoms with van der Waals surface area (Å²) >= 11 is 0. The minimum Gasteiger partial charge on any atom is -0.395 e. The van der Waals surface area contributed by atoms with Crippen LogP contribution in [-0.4, -0.2) is 22.7 Å². The van der Waals surface area contributed by atoms with Gasteiger partial charge in [0, 0.05) is 17.6 Å². The summed E-state index contributed by atoms with van der Waals surface area (Å²) in [6, 6.07) is 9.71. The van der Waals surface area contributed by atoms with Crippen molar-refractivity contribution in [2.24, 2.45) is 5.73 Å². The Morgan fingerprint density at radius 3 is 2.81 bits per heavy atom. The van der Waals surface area contributed by atoms with E-state index < -0.39 is 0 Å². The van der Waals surface area contributed by atoms with Crippen molar-refractivity contribution in [3.8, 4) is 0 Å². The monoisotopic (exact) mass is 238 g/mol. The Labute approximate surface area is 101 Å². The van der Waals surface area contributed by atoms with E-state index in [9.17, 15) is 0 Å². The summed E-state index contributed by atoms with van der Waals surface area (Å²) in [5.74, 6) is 0. The number of aliphatic hydroxyl groups is 1. The zero-order chi connectivity index (χ0) is 10.7. The van der Waals surface area contributed by atoms with Gasteiger partial charge in [0.1, 0.15) is 0 Å². The third kappa shape index (κ3) is 2.70. The van der Waals surface area contributed by atoms with Crippen molar-refractivity contribution in [2.45, 2.75) is 12.5 Å². The van der Waals surface area contributed by atoms with E-state index >= 15 is 0 Å². The third-order valence-corrected chi connectivity index (χ3v) is 2.45. The summed E-state index contributed by atoms with van der Waals surface area (Å²) < 4.78 is 0. The fourth-order valence-electron chi connectivity index (χ4n) is 1.69. The first-order valence-corrected chi connectivity index (χ1v) is 5.00. The molecule has 2 rings (SSSR count). The molecule has 3 nitrogen and oxygen atoms in total. The largest absolute Gasteiger partial charge is 0.395 e. The van der Waals surface area contributed by atoms with Crippen LogP contribution in [-0.2, 0) is 6.42 Å². The molecule has 3 N–H and O–H groups in total. The number of pyridine rings is 1. The standard InChI is InChI=1S/C12H14N2O.ClH/c13-10(8-15)7-9-3-1-5-12-11(9)4-2-6-14-12;/h1-6,10,15H,7-8,13H2;1H. The van der Waals surface area contributed by atoms with Crippen LogP contribution in [0, 0.1) is 0 Å². The molecule has 1 aromatic heterocycles. The van der Waals surface area contributed by atoms with Gasteiger partial charge < -0.3 is 10.8 Å². The molecule has 0 radical (unpaired) electrons. The van der Waals surface area contributed by atoms with Gasteiger partial charge in [-0.1, -0.05) is 18.2 Å². The van der Waals surface area contributed by atoms with Gasteiger partial charge in [0.25, 0.3) is 0 Å². The van der Waals surface area contributed by atoms with E-state index in [0.717, 1.165) is 16.5 Å². The second-order valence-electron chi connectivity index (χ2n) is 3.63. The highest BCUT2D eigenvalue weighted by Crippen LogP contribution is 2.17. The Balaban J connectivity index is 0.00000128. The number of aromatic nitrogens is 1. The number of nitrogens with two attached hydrogens (primary N) is 1. The van der Waals surface area contributed by atoms with Crippen LogP contribution in [0.5, 0.6) is 0 Å². The van der Waals surface area contributed by atoms with Gasteiger partial charge in [0.05, 0.1) is 12.1 Å². The molecule has 0 aliphatic rings. The van der Waals surface area contributed by atoms with Crippen LogP contribution in [0.15, 0.2) is 36.5 Å². The molecule has 16 heavy (non-hydrogen) atoms. The number of fused-ring (bicyclic) bond motifs is 1. The first kappa shape index (κ1) is 12.9. The van der Waals surface area contributed by atoms with Gasteiger partial charge in [0.15, 0.2) is 0 Å². The quantitative estimate of drug-likeness (QED) is 0.853. The normalized spacial score (nSPS) is 12.1. The third-order valence-electron chi connectivity index (χ3n) is 2.45. The molecular formula is C12H15ClN2O. The number of hydrogen-bond acceptors (Lipinski definition) is 3. The first-order valence-electron chi connectivity index (χ1n) is 5.00. The maximum absolute atomic E-state index is 8.93. The molecule has 0 saturated heterocycles. The van der Waals surface area contributed by atoms with Crippen LogP contribution < -0.4 is 5.73 Å². The van der Waals surface area contributed by atoms with Gasteiger partial charge in [-0.25, -0.2) is 0 Å². The van der Waals surface area contributed by atoms with E-state index in [1.165, 1.54) is 0 Å². The number of benzene rings is 1. The lowest BCUT2D eigenvalue weighted by Gasteiger charge is -2.10. The number of halogens is 1. The summed E-state index contributed by atoms with van der Waals surface area (Å²) in [5.41, 5.74) is 7.84. The van der Waals surface area contributed by atoms with E-state index in [4.69, 9.17) is 10.8 Å². The molecule has 2 aromatic rings. The van der Waals surface area contributed by atoms with Crippen LogP contribution in [0.3, 0.4) is 0 Å². The Morgan fingerprint density at radius 1 is 1.25 bits per heavy atom. The van der Waals surface area contributed by atoms with E-state index in [0.29, 0.717) is 6.42 Å². The van der Waals surface area contributed by atoms with Crippen LogP contribution in [0.4, 0.5) is 0 Å². The maximum Gasteiger partial charge on any atom is 0.0704 e. The van der Waals surface area contributed by atoms with Crippen molar-refractivity contribution < 1.29 is 5.11 Å². The lowest BCUT2D eigenvalue weighted by atomic mass is 10.0. The molecule has 0 spiro atoms. The highest BCUT2D eigenvalue weighted by Gasteiger charge is 2.05. The fraction of sp³-hybridized carbons (Fsp3) is 0.250. The molecule has 4 heteroatoms. The lowest BCUT2D eigenvalue weighted by molar-refractivity contribution is 0.265. The summed E-state index contributed by atoms with van der Waals surface area (Å²) in [5, 5.41) is 10.0. The Kier molecular flexibility index (Phi) is 4.68. The highest BCUT2D eigenvalue weighted by atomic mass is 35.5. The average molecular weight is 239 g/mol. The van der Waals surface area contributed by atoms with Gasteiger partial charge in [-0.05, 0) is 24.1 Å². The number of hydrogen-bond donors (Lipinski definition) is 2. The molecule has 0 saturated carbocycles. The van der Waals surface area contributed by atoms with E-state index in [1.807, 2.05) is 30.3 Å². The Hall–Kier alpha value is -1.16. The Bertz CT molecular complexity index is 456. The van der Waals surface area contributed by atoms with Gasteiger partial charge in [-0.2, -0.15) is 0 Å². The molecular weight excluding hydrogens is 224 g/mol. The number of aliphatic hydroxyl groups excluding tert-OH is 1. The zero-order valence-corrected chi connectivity index (χ0v) is 9.65. The zero-order valence-electron chi connectivity index (χ0n) is 8.84. The van der Waals surface area contributed by atoms with Crippen molar-refractivity contribution in [3.05, 3.63) is 42.1 Å². The first-order chi connectivity index (χ1) is 7.31. The van der Waals surface area contributed by atoms with Crippen molar-refractivity contribution in [1.29, 1.82) is 0 Å². The molecule has 0 bridgehead atoms. The molecule has 86 valence electrons. The molecule has 1 unspecified atom stereocenters.